The Bertz CT molecular complexity index is 652. The number of rotatable bonds is 4. The second-order valence-corrected chi connectivity index (χ2v) is 5.65. The number of aromatic nitrogens is 1. The van der Waals surface area contributed by atoms with Gasteiger partial charge in [-0.2, -0.15) is 13.2 Å². The summed E-state index contributed by atoms with van der Waals surface area (Å²) < 4.78 is 37.7. The van der Waals surface area contributed by atoms with Gasteiger partial charge >= 0.3 is 6.18 Å². The largest absolute Gasteiger partial charge is 0.427 e. The van der Waals surface area contributed by atoms with Crippen molar-refractivity contribution in [2.24, 2.45) is 0 Å². The maximum atomic E-state index is 12.6. The van der Waals surface area contributed by atoms with Gasteiger partial charge in [0.2, 0.25) is 0 Å². The van der Waals surface area contributed by atoms with E-state index in [1.54, 1.807) is 43.3 Å². The number of anilines is 1. The van der Waals surface area contributed by atoms with Gasteiger partial charge in [-0.15, -0.1) is 0 Å². The summed E-state index contributed by atoms with van der Waals surface area (Å²) in [5.41, 5.74) is 1.40. The summed E-state index contributed by atoms with van der Waals surface area (Å²) in [7, 11) is 3.22. The first-order chi connectivity index (χ1) is 10.3. The van der Waals surface area contributed by atoms with Gasteiger partial charge in [0.15, 0.2) is 5.13 Å². The highest BCUT2D eigenvalue weighted by Gasteiger charge is 2.33. The van der Waals surface area contributed by atoms with Crippen molar-refractivity contribution < 1.29 is 18.0 Å². The first-order valence-electron chi connectivity index (χ1n) is 6.36. The van der Waals surface area contributed by atoms with Gasteiger partial charge in [0.25, 0.3) is 5.91 Å². The third-order valence-corrected chi connectivity index (χ3v) is 4.12. The predicted molar refractivity (Wildman–Crippen MR) is 79.1 cm³/mol. The van der Waals surface area contributed by atoms with Crippen LogP contribution in [0.1, 0.15) is 20.8 Å². The van der Waals surface area contributed by atoms with Crippen molar-refractivity contribution in [3.05, 3.63) is 46.5 Å². The van der Waals surface area contributed by atoms with Crippen LogP contribution in [0.2, 0.25) is 0 Å². The van der Waals surface area contributed by atoms with E-state index >= 15 is 0 Å². The van der Waals surface area contributed by atoms with E-state index < -0.39 is 11.1 Å². The number of thiazole rings is 1. The number of hydrogen-bond donors (Lipinski definition) is 1. The van der Waals surface area contributed by atoms with E-state index in [2.05, 4.69) is 10.3 Å². The Kier molecular flexibility index (Phi) is 4.70. The lowest BCUT2D eigenvalue weighted by Crippen LogP contribution is -2.18. The second-order valence-electron chi connectivity index (χ2n) is 4.64. The fourth-order valence-corrected chi connectivity index (χ4v) is 2.56. The zero-order valence-corrected chi connectivity index (χ0v) is 12.8. The number of benzene rings is 1. The van der Waals surface area contributed by atoms with Crippen molar-refractivity contribution in [2.75, 3.05) is 19.0 Å². The maximum absolute atomic E-state index is 12.6. The molecule has 0 unspecified atom stereocenters. The number of alkyl halides is 3. The third-order valence-electron chi connectivity index (χ3n) is 2.96. The fourth-order valence-electron chi connectivity index (χ4n) is 1.82. The van der Waals surface area contributed by atoms with Crippen molar-refractivity contribution in [1.29, 1.82) is 0 Å². The molecule has 0 saturated heterocycles. The smallest absolute Gasteiger partial charge is 0.355 e. The monoisotopic (exact) mass is 329 g/mol. The summed E-state index contributed by atoms with van der Waals surface area (Å²) >= 11 is 0.605. The van der Waals surface area contributed by atoms with E-state index in [1.807, 2.05) is 0 Å². The van der Waals surface area contributed by atoms with E-state index in [1.165, 1.54) is 0 Å². The molecule has 1 aromatic heterocycles. The summed E-state index contributed by atoms with van der Waals surface area (Å²) in [5, 5.41) is 2.81. The summed E-state index contributed by atoms with van der Waals surface area (Å²) in [5.74, 6) is -0.186. The van der Waals surface area contributed by atoms with Gasteiger partial charge in [-0.05, 0) is 17.7 Å². The highest BCUT2D eigenvalue weighted by Crippen LogP contribution is 2.36. The molecule has 0 fully saturated rings. The van der Waals surface area contributed by atoms with E-state index in [-0.39, 0.29) is 5.91 Å². The first kappa shape index (κ1) is 16.3. The van der Waals surface area contributed by atoms with Crippen LogP contribution in [0.25, 0.3) is 0 Å². The molecule has 0 aliphatic heterocycles. The highest BCUT2D eigenvalue weighted by atomic mass is 32.1. The molecule has 1 heterocycles. The molecule has 0 aliphatic rings. The van der Waals surface area contributed by atoms with Gasteiger partial charge < -0.3 is 10.2 Å². The Balaban J connectivity index is 2.07. The molecule has 0 aliphatic carbocycles. The number of carbonyl (C=O) groups excluding carboxylic acids is 1. The topological polar surface area (TPSA) is 45.2 Å². The van der Waals surface area contributed by atoms with Crippen molar-refractivity contribution in [2.45, 2.75) is 12.7 Å². The van der Waals surface area contributed by atoms with E-state index in [0.29, 0.717) is 28.6 Å². The van der Waals surface area contributed by atoms with Crippen LogP contribution in [0.4, 0.5) is 18.3 Å². The molecule has 0 saturated carbocycles. The van der Waals surface area contributed by atoms with Crippen LogP contribution in [-0.4, -0.2) is 25.0 Å². The molecular weight excluding hydrogens is 315 g/mol. The molecule has 1 N–H and O–H groups in total. The Hall–Kier alpha value is -2.09. The highest BCUT2D eigenvalue weighted by molar-refractivity contribution is 7.15. The molecule has 0 bridgehead atoms. The standard InChI is InChI=1S/C14H14F3N3OS/c1-18-12(21)10-5-3-9(4-6-10)8-20(2)13-19-7-11(22-13)14(15,16)17/h3-7H,8H2,1-2H3,(H,18,21). The van der Waals surface area contributed by atoms with Gasteiger partial charge in [0, 0.05) is 26.2 Å². The predicted octanol–water partition coefficient (Wildman–Crippen LogP) is 3.16. The minimum absolute atomic E-state index is 0.186. The van der Waals surface area contributed by atoms with Crippen LogP contribution in [0.5, 0.6) is 0 Å². The lowest BCUT2D eigenvalue weighted by atomic mass is 10.1. The Morgan fingerprint density at radius 2 is 1.95 bits per heavy atom. The van der Waals surface area contributed by atoms with Crippen LogP contribution in [-0.2, 0) is 12.7 Å². The van der Waals surface area contributed by atoms with Gasteiger partial charge in [0.05, 0.1) is 6.20 Å². The molecule has 8 heteroatoms. The fraction of sp³-hybridized carbons (Fsp3) is 0.286. The average Bonchev–Trinajstić information content (AvgIpc) is 2.97. The quantitative estimate of drug-likeness (QED) is 0.937. The van der Waals surface area contributed by atoms with Crippen LogP contribution >= 0.6 is 11.3 Å². The minimum Gasteiger partial charge on any atom is -0.355 e. The molecule has 1 amide bonds. The zero-order valence-electron chi connectivity index (χ0n) is 11.9. The number of nitrogens with zero attached hydrogens (tertiary/aromatic N) is 2. The molecule has 0 spiro atoms. The van der Waals surface area contributed by atoms with Crippen molar-refractivity contribution in [3.63, 3.8) is 0 Å². The summed E-state index contributed by atoms with van der Waals surface area (Å²) in [6, 6.07) is 6.87. The molecule has 0 atom stereocenters. The molecule has 0 radical (unpaired) electrons. The summed E-state index contributed by atoms with van der Waals surface area (Å²) in [4.78, 5) is 16.1. The van der Waals surface area contributed by atoms with Crippen molar-refractivity contribution in [1.82, 2.24) is 10.3 Å². The Labute approximate surface area is 129 Å². The van der Waals surface area contributed by atoms with Crippen molar-refractivity contribution in [3.8, 4) is 0 Å². The van der Waals surface area contributed by atoms with Gasteiger partial charge in [0.1, 0.15) is 4.88 Å². The lowest BCUT2D eigenvalue weighted by Gasteiger charge is -2.16. The van der Waals surface area contributed by atoms with E-state index in [0.717, 1.165) is 11.8 Å². The van der Waals surface area contributed by atoms with E-state index in [9.17, 15) is 18.0 Å². The zero-order chi connectivity index (χ0) is 16.3. The minimum atomic E-state index is -4.37. The molecule has 2 aromatic rings. The number of amides is 1. The van der Waals surface area contributed by atoms with Gasteiger partial charge in [-0.1, -0.05) is 23.5 Å². The van der Waals surface area contributed by atoms with E-state index in [4.69, 9.17) is 0 Å². The summed E-state index contributed by atoms with van der Waals surface area (Å²) in [6.45, 7) is 0.402. The first-order valence-corrected chi connectivity index (χ1v) is 7.18. The van der Waals surface area contributed by atoms with Crippen LogP contribution < -0.4 is 10.2 Å². The average molecular weight is 329 g/mol. The van der Waals surface area contributed by atoms with Crippen LogP contribution in [0.3, 0.4) is 0 Å². The van der Waals surface area contributed by atoms with Crippen molar-refractivity contribution >= 4 is 22.4 Å². The number of halogens is 3. The van der Waals surface area contributed by atoms with Crippen LogP contribution in [0, 0.1) is 0 Å². The third kappa shape index (κ3) is 3.76. The van der Waals surface area contributed by atoms with Crippen LogP contribution in [0.15, 0.2) is 30.5 Å². The number of carbonyl (C=O) groups is 1. The molecule has 22 heavy (non-hydrogen) atoms. The maximum Gasteiger partial charge on any atom is 0.427 e. The second kappa shape index (κ2) is 6.35. The SMILES string of the molecule is CNC(=O)c1ccc(CN(C)c2ncc(C(F)(F)F)s2)cc1. The summed E-state index contributed by atoms with van der Waals surface area (Å²) in [6.07, 6.45) is -3.53. The molecule has 4 nitrogen and oxygen atoms in total. The normalized spacial score (nSPS) is 11.3. The van der Waals surface area contributed by atoms with Gasteiger partial charge in [-0.25, -0.2) is 4.98 Å². The molecular formula is C14H14F3N3OS. The number of hydrogen-bond acceptors (Lipinski definition) is 4. The molecule has 118 valence electrons. The number of nitrogens with one attached hydrogen (secondary N) is 1. The lowest BCUT2D eigenvalue weighted by molar-refractivity contribution is -0.134. The molecule has 1 aromatic carbocycles. The Morgan fingerprint density at radius 1 is 1.32 bits per heavy atom. The molecule has 2 rings (SSSR count). The Morgan fingerprint density at radius 3 is 2.45 bits per heavy atom. The van der Waals surface area contributed by atoms with Gasteiger partial charge in [-0.3, -0.25) is 4.79 Å².